The second-order valence-electron chi connectivity index (χ2n) is 7.16. The minimum Gasteiger partial charge on any atom is -0.342 e. The van der Waals surface area contributed by atoms with Crippen LogP contribution in [0.1, 0.15) is 18.0 Å². The number of amides is 1. The first-order valence-electron chi connectivity index (χ1n) is 9.47. The smallest absolute Gasteiger partial charge is 0.342 e. The topological polar surface area (TPSA) is 90.3 Å². The lowest BCUT2D eigenvalue weighted by molar-refractivity contribution is -0.189. The molecule has 3 rings (SSSR count). The minimum absolute atomic E-state index is 0.0127. The first-order valence-corrected chi connectivity index (χ1v) is 11.0. The third-order valence-corrected chi connectivity index (χ3v) is 7.36. The van der Waals surface area contributed by atoms with Crippen molar-refractivity contribution in [1.82, 2.24) is 10.2 Å². The largest absolute Gasteiger partial charge is 0.408 e. The Morgan fingerprint density at radius 1 is 1.13 bits per heavy atom. The van der Waals surface area contributed by atoms with Crippen molar-refractivity contribution in [3.05, 3.63) is 66.2 Å². The Labute approximate surface area is 178 Å². The van der Waals surface area contributed by atoms with E-state index < -0.39 is 45.8 Å². The molecule has 6 nitrogen and oxygen atoms in total. The van der Waals surface area contributed by atoms with E-state index in [2.05, 4.69) is 5.32 Å². The highest BCUT2D eigenvalue weighted by atomic mass is 32.2. The standard InChI is InChI=1S/C21H20F3N3O3S/c22-21(23,24)19(15-7-3-1-4-8-15)27-14-17(13-18(27)20(28)26-12-11-25)31(29,30)16-9-5-2-6-10-16/h1-10,17-19H,12-14H2,(H,26,28)/t17-,18+,19?/m1/s1. The van der Waals surface area contributed by atoms with Gasteiger partial charge in [-0.2, -0.15) is 18.4 Å². The number of rotatable bonds is 6. The fourth-order valence-electron chi connectivity index (χ4n) is 3.84. The van der Waals surface area contributed by atoms with Crippen molar-refractivity contribution < 1.29 is 26.4 Å². The van der Waals surface area contributed by atoms with Crippen LogP contribution in [0.5, 0.6) is 0 Å². The molecular weight excluding hydrogens is 431 g/mol. The number of nitriles is 1. The average molecular weight is 451 g/mol. The average Bonchev–Trinajstić information content (AvgIpc) is 3.18. The number of benzene rings is 2. The van der Waals surface area contributed by atoms with Gasteiger partial charge in [0.2, 0.25) is 5.91 Å². The molecule has 2 aromatic carbocycles. The SMILES string of the molecule is N#CCNC(=O)[C@@H]1C[C@@H](S(=O)(=O)c2ccccc2)CN1C(c1ccccc1)C(F)(F)F. The number of hydrogen-bond donors (Lipinski definition) is 1. The lowest BCUT2D eigenvalue weighted by atomic mass is 10.0. The summed E-state index contributed by atoms with van der Waals surface area (Å²) in [5.41, 5.74) is -0.0918. The molecule has 3 atom stereocenters. The lowest BCUT2D eigenvalue weighted by Gasteiger charge is -2.33. The quantitative estimate of drug-likeness (QED) is 0.683. The maximum absolute atomic E-state index is 14.1. The number of likely N-dealkylation sites (tertiary alicyclic amines) is 1. The summed E-state index contributed by atoms with van der Waals surface area (Å²) in [6, 6.07) is 12.7. The summed E-state index contributed by atoms with van der Waals surface area (Å²) >= 11 is 0. The third kappa shape index (κ3) is 4.89. The van der Waals surface area contributed by atoms with Gasteiger partial charge in [-0.3, -0.25) is 9.69 Å². The van der Waals surface area contributed by atoms with E-state index in [0.29, 0.717) is 0 Å². The summed E-state index contributed by atoms with van der Waals surface area (Å²) in [4.78, 5) is 13.5. The molecule has 1 N–H and O–H groups in total. The molecule has 0 aliphatic carbocycles. The number of carbonyl (C=O) groups excluding carboxylic acids is 1. The van der Waals surface area contributed by atoms with E-state index in [1.54, 1.807) is 18.2 Å². The van der Waals surface area contributed by atoms with Crippen molar-refractivity contribution in [2.75, 3.05) is 13.1 Å². The van der Waals surface area contributed by atoms with Gasteiger partial charge in [0.1, 0.15) is 12.6 Å². The molecule has 1 fully saturated rings. The fourth-order valence-corrected chi connectivity index (χ4v) is 5.57. The number of hydrogen-bond acceptors (Lipinski definition) is 5. The van der Waals surface area contributed by atoms with Gasteiger partial charge in [0, 0.05) is 6.54 Å². The van der Waals surface area contributed by atoms with E-state index in [1.165, 1.54) is 48.5 Å². The van der Waals surface area contributed by atoms with Gasteiger partial charge in [-0.1, -0.05) is 48.5 Å². The van der Waals surface area contributed by atoms with Gasteiger partial charge in [0.25, 0.3) is 0 Å². The highest BCUT2D eigenvalue weighted by Crippen LogP contribution is 2.43. The van der Waals surface area contributed by atoms with Crippen molar-refractivity contribution in [3.63, 3.8) is 0 Å². The van der Waals surface area contributed by atoms with Gasteiger partial charge in [-0.05, 0) is 24.1 Å². The second kappa shape index (κ2) is 9.08. The molecule has 2 aromatic rings. The zero-order valence-corrected chi connectivity index (χ0v) is 17.1. The summed E-state index contributed by atoms with van der Waals surface area (Å²) in [6.45, 7) is -0.859. The molecule has 1 saturated heterocycles. The first-order chi connectivity index (χ1) is 14.7. The Morgan fingerprint density at radius 3 is 2.26 bits per heavy atom. The maximum atomic E-state index is 14.1. The summed E-state index contributed by atoms with van der Waals surface area (Å²) < 4.78 is 68.5. The molecule has 1 unspecified atom stereocenters. The van der Waals surface area contributed by atoms with E-state index >= 15 is 0 Å². The van der Waals surface area contributed by atoms with Crippen molar-refractivity contribution in [2.45, 2.75) is 34.8 Å². The van der Waals surface area contributed by atoms with Crippen LogP contribution in [0, 0.1) is 11.3 Å². The van der Waals surface area contributed by atoms with Crippen LogP contribution in [0.3, 0.4) is 0 Å². The molecule has 0 bridgehead atoms. The van der Waals surface area contributed by atoms with Crippen molar-refractivity contribution in [1.29, 1.82) is 5.26 Å². The number of alkyl halides is 3. The molecule has 1 heterocycles. The zero-order valence-electron chi connectivity index (χ0n) is 16.3. The van der Waals surface area contributed by atoms with E-state index in [9.17, 15) is 26.4 Å². The summed E-state index contributed by atoms with van der Waals surface area (Å²) in [6.07, 6.45) is -5.06. The molecule has 1 aliphatic rings. The highest BCUT2D eigenvalue weighted by Gasteiger charge is 2.53. The van der Waals surface area contributed by atoms with Crippen LogP contribution in [0.4, 0.5) is 13.2 Å². The summed E-state index contributed by atoms with van der Waals surface area (Å²) in [7, 11) is -3.97. The van der Waals surface area contributed by atoms with E-state index in [4.69, 9.17) is 5.26 Å². The molecule has 0 aromatic heterocycles. The molecule has 1 amide bonds. The number of carbonyl (C=O) groups is 1. The fraction of sp³-hybridized carbons (Fsp3) is 0.333. The summed E-state index contributed by atoms with van der Waals surface area (Å²) in [5.74, 6) is -0.808. The van der Waals surface area contributed by atoms with Gasteiger partial charge in [0.05, 0.1) is 22.3 Å². The molecule has 0 spiro atoms. The number of sulfone groups is 1. The van der Waals surface area contributed by atoms with Crippen LogP contribution in [-0.4, -0.2) is 49.8 Å². The zero-order chi connectivity index (χ0) is 22.6. The molecule has 31 heavy (non-hydrogen) atoms. The molecule has 0 saturated carbocycles. The van der Waals surface area contributed by atoms with Gasteiger partial charge in [0.15, 0.2) is 9.84 Å². The van der Waals surface area contributed by atoms with Gasteiger partial charge in [-0.25, -0.2) is 8.42 Å². The van der Waals surface area contributed by atoms with Crippen molar-refractivity contribution in [3.8, 4) is 6.07 Å². The summed E-state index contributed by atoms with van der Waals surface area (Å²) in [5, 5.41) is 9.78. The van der Waals surface area contributed by atoms with Crippen molar-refractivity contribution >= 4 is 15.7 Å². The Morgan fingerprint density at radius 2 is 1.71 bits per heavy atom. The van der Waals surface area contributed by atoms with Crippen LogP contribution >= 0.6 is 0 Å². The molecule has 0 radical (unpaired) electrons. The predicted octanol–water partition coefficient (Wildman–Crippen LogP) is 2.85. The monoisotopic (exact) mass is 451 g/mol. The van der Waals surface area contributed by atoms with Crippen LogP contribution in [0.2, 0.25) is 0 Å². The number of nitrogens with zero attached hydrogens (tertiary/aromatic N) is 2. The molecule has 1 aliphatic heterocycles. The van der Waals surface area contributed by atoms with Gasteiger partial charge >= 0.3 is 6.18 Å². The van der Waals surface area contributed by atoms with Crippen LogP contribution in [-0.2, 0) is 14.6 Å². The Bertz CT molecular complexity index is 1050. The minimum atomic E-state index is -4.75. The van der Waals surface area contributed by atoms with Gasteiger partial charge in [-0.15, -0.1) is 0 Å². The van der Waals surface area contributed by atoms with Crippen LogP contribution < -0.4 is 5.32 Å². The normalized spacial score (nSPS) is 20.7. The van der Waals surface area contributed by atoms with Crippen molar-refractivity contribution in [2.24, 2.45) is 0 Å². The Kier molecular flexibility index (Phi) is 6.67. The van der Waals surface area contributed by atoms with Crippen LogP contribution in [0.25, 0.3) is 0 Å². The predicted molar refractivity (Wildman–Crippen MR) is 106 cm³/mol. The second-order valence-corrected chi connectivity index (χ2v) is 9.39. The van der Waals surface area contributed by atoms with E-state index in [-0.39, 0.29) is 23.4 Å². The van der Waals surface area contributed by atoms with Crippen LogP contribution in [0.15, 0.2) is 65.6 Å². The number of nitrogens with one attached hydrogen (secondary N) is 1. The van der Waals surface area contributed by atoms with E-state index in [0.717, 1.165) is 4.90 Å². The number of halogens is 3. The lowest BCUT2D eigenvalue weighted by Crippen LogP contribution is -2.48. The van der Waals surface area contributed by atoms with E-state index in [1.807, 2.05) is 0 Å². The highest BCUT2D eigenvalue weighted by molar-refractivity contribution is 7.92. The Balaban J connectivity index is 2.02. The van der Waals surface area contributed by atoms with Gasteiger partial charge < -0.3 is 5.32 Å². The first kappa shape index (κ1) is 22.8. The third-order valence-electron chi connectivity index (χ3n) is 5.21. The molecule has 10 heteroatoms. The molecular formula is C21H20F3N3O3S. The maximum Gasteiger partial charge on any atom is 0.408 e. The Hall–Kier alpha value is -2.90. The molecule has 164 valence electrons.